The van der Waals surface area contributed by atoms with E-state index in [2.05, 4.69) is 35.2 Å². The summed E-state index contributed by atoms with van der Waals surface area (Å²) in [5.41, 5.74) is 1.31. The lowest BCUT2D eigenvalue weighted by Crippen LogP contribution is -2.25. The summed E-state index contributed by atoms with van der Waals surface area (Å²) in [6.45, 7) is 3.07. The molecule has 0 aromatic carbocycles. The Hall–Kier alpha value is -1.05. The quantitative estimate of drug-likeness (QED) is 0.485. The fourth-order valence-corrected chi connectivity index (χ4v) is 1.27. The molecular weight excluding hydrogens is 124 g/mol. The summed E-state index contributed by atoms with van der Waals surface area (Å²) in [6, 6.07) is 0. The highest BCUT2D eigenvalue weighted by atomic mass is 15.3. The first kappa shape index (κ1) is 5.71. The van der Waals surface area contributed by atoms with E-state index in [1.165, 1.54) is 5.57 Å². The second-order valence-electron chi connectivity index (χ2n) is 2.67. The third kappa shape index (κ3) is 0.764. The van der Waals surface area contributed by atoms with E-state index < -0.39 is 0 Å². The highest BCUT2D eigenvalue weighted by molar-refractivity contribution is 5.63. The van der Waals surface area contributed by atoms with Gasteiger partial charge in [-0.25, -0.2) is 0 Å². The minimum Gasteiger partial charge on any atom is -0.347 e. The van der Waals surface area contributed by atoms with Crippen molar-refractivity contribution in [2.45, 2.75) is 13.1 Å². The van der Waals surface area contributed by atoms with Crippen LogP contribution in [0.5, 0.6) is 0 Å². The summed E-state index contributed by atoms with van der Waals surface area (Å²) in [6.07, 6.45) is 8.65. The maximum absolute atomic E-state index is 4.26. The van der Waals surface area contributed by atoms with E-state index >= 15 is 0 Å². The molecule has 0 fully saturated rings. The molecular formula is C8H10N2. The van der Waals surface area contributed by atoms with E-state index in [9.17, 15) is 0 Å². The van der Waals surface area contributed by atoms with Crippen LogP contribution in [0.3, 0.4) is 0 Å². The molecule has 2 aliphatic rings. The van der Waals surface area contributed by atoms with Gasteiger partial charge in [0.1, 0.15) is 6.17 Å². The molecule has 2 rings (SSSR count). The van der Waals surface area contributed by atoms with Crippen LogP contribution in [-0.2, 0) is 0 Å². The molecule has 0 aliphatic carbocycles. The molecule has 2 nitrogen and oxygen atoms in total. The van der Waals surface area contributed by atoms with Crippen molar-refractivity contribution in [3.63, 3.8) is 0 Å². The Kier molecular flexibility index (Phi) is 1.13. The molecule has 10 heavy (non-hydrogen) atoms. The van der Waals surface area contributed by atoms with Crippen molar-refractivity contribution >= 4 is 6.21 Å². The van der Waals surface area contributed by atoms with E-state index in [0.29, 0.717) is 6.17 Å². The van der Waals surface area contributed by atoms with Gasteiger partial charge < -0.3 is 4.90 Å². The van der Waals surface area contributed by atoms with Crippen LogP contribution < -0.4 is 0 Å². The predicted octanol–water partition coefficient (Wildman–Crippen LogP) is 1.17. The molecule has 0 N–H and O–H groups in total. The molecule has 0 saturated heterocycles. The van der Waals surface area contributed by atoms with Crippen LogP contribution in [0.1, 0.15) is 6.92 Å². The number of nitrogens with zero attached hydrogens (tertiary/aromatic N) is 2. The molecule has 2 heterocycles. The van der Waals surface area contributed by atoms with Gasteiger partial charge in [-0.3, -0.25) is 4.99 Å². The van der Waals surface area contributed by atoms with Gasteiger partial charge in [0.2, 0.25) is 0 Å². The maximum atomic E-state index is 4.26. The Morgan fingerprint density at radius 1 is 1.70 bits per heavy atom. The summed E-state index contributed by atoms with van der Waals surface area (Å²) in [5, 5.41) is 0. The molecule has 1 atom stereocenters. The van der Waals surface area contributed by atoms with Crippen molar-refractivity contribution in [3.8, 4) is 0 Å². The van der Waals surface area contributed by atoms with E-state index in [1.807, 2.05) is 6.21 Å². The predicted molar refractivity (Wildman–Crippen MR) is 41.9 cm³/mol. The zero-order valence-electron chi connectivity index (χ0n) is 5.99. The standard InChI is InChI=1S/C8H10N2/c1-7-2-3-8-9-4-5-10(8)6-7/h2-4,6,8H,5H2,1H3. The van der Waals surface area contributed by atoms with Gasteiger partial charge >= 0.3 is 0 Å². The van der Waals surface area contributed by atoms with Gasteiger partial charge in [-0.05, 0) is 18.6 Å². The second-order valence-corrected chi connectivity index (χ2v) is 2.67. The van der Waals surface area contributed by atoms with Crippen LogP contribution in [0.4, 0.5) is 0 Å². The van der Waals surface area contributed by atoms with Crippen LogP contribution in [0.25, 0.3) is 0 Å². The third-order valence-corrected chi connectivity index (χ3v) is 1.79. The Morgan fingerprint density at radius 2 is 2.60 bits per heavy atom. The Bertz CT molecular complexity index is 225. The molecule has 0 aromatic heterocycles. The van der Waals surface area contributed by atoms with Gasteiger partial charge in [0.15, 0.2) is 0 Å². The summed E-state index contributed by atoms with van der Waals surface area (Å²) in [5.74, 6) is 0. The number of fused-ring (bicyclic) bond motifs is 1. The molecule has 1 unspecified atom stereocenters. The van der Waals surface area contributed by atoms with Gasteiger partial charge in [0.05, 0.1) is 6.54 Å². The van der Waals surface area contributed by atoms with Gasteiger partial charge in [-0.1, -0.05) is 6.08 Å². The SMILES string of the molecule is CC1=CN2CC=NC2C=C1. The van der Waals surface area contributed by atoms with E-state index in [4.69, 9.17) is 0 Å². The highest BCUT2D eigenvalue weighted by Gasteiger charge is 2.16. The molecule has 0 saturated carbocycles. The van der Waals surface area contributed by atoms with Crippen molar-refractivity contribution < 1.29 is 0 Å². The van der Waals surface area contributed by atoms with Gasteiger partial charge in [0, 0.05) is 12.4 Å². The van der Waals surface area contributed by atoms with E-state index in [0.717, 1.165) is 6.54 Å². The van der Waals surface area contributed by atoms with Gasteiger partial charge in [0.25, 0.3) is 0 Å². The smallest absolute Gasteiger partial charge is 0.140 e. The zero-order chi connectivity index (χ0) is 6.97. The molecule has 0 radical (unpaired) electrons. The number of rotatable bonds is 0. The summed E-state index contributed by atoms with van der Waals surface area (Å²) < 4.78 is 0. The number of hydrogen-bond donors (Lipinski definition) is 0. The molecule has 0 spiro atoms. The van der Waals surface area contributed by atoms with E-state index in [-0.39, 0.29) is 0 Å². The zero-order valence-corrected chi connectivity index (χ0v) is 5.99. The topological polar surface area (TPSA) is 15.6 Å². The first-order valence-electron chi connectivity index (χ1n) is 3.50. The second kappa shape index (κ2) is 1.97. The summed E-state index contributed by atoms with van der Waals surface area (Å²) in [4.78, 5) is 6.48. The van der Waals surface area contributed by atoms with E-state index in [1.54, 1.807) is 0 Å². The van der Waals surface area contributed by atoms with Crippen molar-refractivity contribution in [3.05, 3.63) is 23.9 Å². The monoisotopic (exact) mass is 134 g/mol. The normalized spacial score (nSPS) is 28.7. The number of hydrogen-bond acceptors (Lipinski definition) is 2. The third-order valence-electron chi connectivity index (χ3n) is 1.79. The molecule has 2 aliphatic heterocycles. The van der Waals surface area contributed by atoms with Crippen molar-refractivity contribution in [1.82, 2.24) is 4.90 Å². The van der Waals surface area contributed by atoms with Crippen LogP contribution in [0.2, 0.25) is 0 Å². The Labute approximate surface area is 60.6 Å². The van der Waals surface area contributed by atoms with Crippen LogP contribution in [0, 0.1) is 0 Å². The summed E-state index contributed by atoms with van der Waals surface area (Å²) in [7, 11) is 0. The highest BCUT2D eigenvalue weighted by Crippen LogP contribution is 2.16. The Morgan fingerprint density at radius 3 is 3.50 bits per heavy atom. The van der Waals surface area contributed by atoms with Gasteiger partial charge in [-0.2, -0.15) is 0 Å². The summed E-state index contributed by atoms with van der Waals surface area (Å²) >= 11 is 0. The molecule has 0 amide bonds. The number of aliphatic imine (C=N–C) groups is 1. The van der Waals surface area contributed by atoms with Crippen molar-refractivity contribution in [2.24, 2.45) is 4.99 Å². The molecule has 2 heteroatoms. The first-order chi connectivity index (χ1) is 4.86. The minimum absolute atomic E-state index is 0.295. The van der Waals surface area contributed by atoms with Crippen LogP contribution in [-0.4, -0.2) is 23.8 Å². The molecule has 0 aromatic rings. The lowest BCUT2D eigenvalue weighted by atomic mass is 10.2. The Balaban J connectivity index is 2.25. The largest absolute Gasteiger partial charge is 0.347 e. The average molecular weight is 134 g/mol. The first-order valence-corrected chi connectivity index (χ1v) is 3.50. The lowest BCUT2D eigenvalue weighted by Gasteiger charge is -2.21. The maximum Gasteiger partial charge on any atom is 0.140 e. The van der Waals surface area contributed by atoms with Crippen LogP contribution >= 0.6 is 0 Å². The van der Waals surface area contributed by atoms with Crippen LogP contribution in [0.15, 0.2) is 28.9 Å². The average Bonchev–Trinajstić information content (AvgIpc) is 2.33. The van der Waals surface area contributed by atoms with Crippen molar-refractivity contribution in [2.75, 3.05) is 6.54 Å². The molecule has 52 valence electrons. The lowest BCUT2D eigenvalue weighted by molar-refractivity contribution is 0.391. The fraction of sp³-hybridized carbons (Fsp3) is 0.375. The van der Waals surface area contributed by atoms with Crippen molar-refractivity contribution in [1.29, 1.82) is 0 Å². The van der Waals surface area contributed by atoms with Gasteiger partial charge in [-0.15, -0.1) is 0 Å². The molecule has 0 bridgehead atoms. The number of allylic oxidation sites excluding steroid dienone is 2. The fourth-order valence-electron chi connectivity index (χ4n) is 1.27. The minimum atomic E-state index is 0.295.